The Morgan fingerprint density at radius 1 is 0.364 bits per heavy atom. The van der Waals surface area contributed by atoms with Crippen LogP contribution in [-0.2, 0) is 0 Å². The van der Waals surface area contributed by atoms with Crippen LogP contribution in [0.1, 0.15) is 0 Å². The van der Waals surface area contributed by atoms with Crippen LogP contribution in [0.3, 0.4) is 0 Å². The molecule has 0 fully saturated rings. The van der Waals surface area contributed by atoms with Crippen molar-refractivity contribution in [1.82, 2.24) is 0 Å². The number of thiophene rings is 1. The summed E-state index contributed by atoms with van der Waals surface area (Å²) in [5.41, 5.74) is 12.0. The highest BCUT2D eigenvalue weighted by Crippen LogP contribution is 2.46. The molecule has 0 N–H and O–H groups in total. The maximum absolute atomic E-state index is 6.46. The third-order valence-electron chi connectivity index (χ3n) is 10.9. The van der Waals surface area contributed by atoms with Gasteiger partial charge in [0.15, 0.2) is 0 Å². The molecule has 0 aliphatic heterocycles. The Balaban J connectivity index is 1.14. The third kappa shape index (κ3) is 5.32. The quantitative estimate of drug-likeness (QED) is 0.170. The molecule has 0 aliphatic carbocycles. The van der Waals surface area contributed by atoms with Crippen LogP contribution in [0.5, 0.6) is 0 Å². The zero-order chi connectivity index (χ0) is 36.3. The fraction of sp³-hybridized carbons (Fsp3) is 0. The Morgan fingerprint density at radius 3 is 1.89 bits per heavy atom. The molecule has 0 saturated carbocycles. The second-order valence-electron chi connectivity index (χ2n) is 14.1. The van der Waals surface area contributed by atoms with Gasteiger partial charge < -0.3 is 9.32 Å². The minimum absolute atomic E-state index is 0.906. The first-order valence-corrected chi connectivity index (χ1v) is 19.5. The smallest absolute Gasteiger partial charge is 0.143 e. The molecular formula is C52H33NOS. The van der Waals surface area contributed by atoms with Gasteiger partial charge in [0.25, 0.3) is 0 Å². The number of furan rings is 1. The molecule has 258 valence electrons. The zero-order valence-corrected chi connectivity index (χ0v) is 30.6. The summed E-state index contributed by atoms with van der Waals surface area (Å²) in [6.45, 7) is 0. The van der Waals surface area contributed by atoms with Gasteiger partial charge in [-0.25, -0.2) is 0 Å². The second kappa shape index (κ2) is 12.9. The molecule has 11 aromatic rings. The van der Waals surface area contributed by atoms with Crippen LogP contribution in [0.15, 0.2) is 205 Å². The zero-order valence-electron chi connectivity index (χ0n) is 29.8. The summed E-state index contributed by atoms with van der Waals surface area (Å²) in [6.07, 6.45) is 0. The Morgan fingerprint density at radius 2 is 1.00 bits per heavy atom. The summed E-state index contributed by atoms with van der Waals surface area (Å²) in [4.78, 5) is 2.44. The van der Waals surface area contributed by atoms with Crippen molar-refractivity contribution in [2.45, 2.75) is 0 Å². The van der Waals surface area contributed by atoms with E-state index in [0.29, 0.717) is 0 Å². The topological polar surface area (TPSA) is 16.4 Å². The number of hydrogen-bond acceptors (Lipinski definition) is 3. The van der Waals surface area contributed by atoms with E-state index in [9.17, 15) is 0 Å². The lowest BCUT2D eigenvalue weighted by molar-refractivity contribution is 0.670. The van der Waals surface area contributed by atoms with E-state index in [1.165, 1.54) is 47.6 Å². The van der Waals surface area contributed by atoms with E-state index in [1.807, 2.05) is 23.5 Å². The fourth-order valence-corrected chi connectivity index (χ4v) is 9.41. The van der Waals surface area contributed by atoms with E-state index in [0.717, 1.165) is 55.7 Å². The van der Waals surface area contributed by atoms with Gasteiger partial charge >= 0.3 is 0 Å². The van der Waals surface area contributed by atoms with Gasteiger partial charge in [-0.05, 0) is 75.5 Å². The van der Waals surface area contributed by atoms with Crippen LogP contribution < -0.4 is 4.90 Å². The summed E-state index contributed by atoms with van der Waals surface area (Å²) in [5.74, 6) is 0. The average Bonchev–Trinajstić information content (AvgIpc) is 3.82. The van der Waals surface area contributed by atoms with E-state index in [1.54, 1.807) is 0 Å². The largest absolute Gasteiger partial charge is 0.455 e. The first kappa shape index (κ1) is 31.6. The molecule has 0 spiro atoms. The lowest BCUT2D eigenvalue weighted by Crippen LogP contribution is -2.11. The maximum Gasteiger partial charge on any atom is 0.143 e. The molecule has 9 aromatic carbocycles. The highest BCUT2D eigenvalue weighted by Gasteiger charge is 2.21. The molecule has 0 atom stereocenters. The van der Waals surface area contributed by atoms with E-state index >= 15 is 0 Å². The third-order valence-corrected chi connectivity index (χ3v) is 12.0. The fourth-order valence-electron chi connectivity index (χ4n) is 8.27. The van der Waals surface area contributed by atoms with Crippen molar-refractivity contribution in [2.24, 2.45) is 0 Å². The lowest BCUT2D eigenvalue weighted by Gasteiger charge is -2.29. The van der Waals surface area contributed by atoms with Gasteiger partial charge in [-0.2, -0.15) is 0 Å². The van der Waals surface area contributed by atoms with Gasteiger partial charge in [0.2, 0.25) is 0 Å². The predicted octanol–water partition coefficient (Wildman–Crippen LogP) is 15.6. The summed E-state index contributed by atoms with van der Waals surface area (Å²) in [7, 11) is 0. The molecule has 0 aliphatic rings. The number of nitrogens with zero attached hydrogens (tertiary/aromatic N) is 1. The van der Waals surface area contributed by atoms with Crippen LogP contribution >= 0.6 is 11.3 Å². The predicted molar refractivity (Wildman–Crippen MR) is 235 cm³/mol. The molecule has 0 amide bonds. The van der Waals surface area contributed by atoms with Gasteiger partial charge in [-0.1, -0.05) is 158 Å². The summed E-state index contributed by atoms with van der Waals surface area (Å²) in [6, 6.07) is 72.3. The van der Waals surface area contributed by atoms with Crippen LogP contribution in [-0.4, -0.2) is 0 Å². The van der Waals surface area contributed by atoms with E-state index < -0.39 is 0 Å². The molecule has 0 unspecified atom stereocenters. The maximum atomic E-state index is 6.46. The molecule has 2 aromatic heterocycles. The van der Waals surface area contributed by atoms with E-state index in [2.05, 4.69) is 193 Å². The molecule has 55 heavy (non-hydrogen) atoms. The van der Waals surface area contributed by atoms with Gasteiger partial charge in [-0.15, -0.1) is 11.3 Å². The number of para-hydroxylation sites is 2. The van der Waals surface area contributed by atoms with Gasteiger partial charge in [0.05, 0.1) is 5.69 Å². The van der Waals surface area contributed by atoms with Crippen LogP contribution in [0.2, 0.25) is 0 Å². The molecule has 2 nitrogen and oxygen atoms in total. The lowest BCUT2D eigenvalue weighted by atomic mass is 9.94. The van der Waals surface area contributed by atoms with E-state index in [4.69, 9.17) is 4.42 Å². The first-order valence-electron chi connectivity index (χ1n) is 18.7. The first-order chi connectivity index (χ1) is 27.3. The van der Waals surface area contributed by atoms with Gasteiger partial charge in [0, 0.05) is 53.4 Å². The minimum atomic E-state index is 0.906. The number of rotatable bonds is 6. The number of benzene rings is 9. The summed E-state index contributed by atoms with van der Waals surface area (Å²) in [5, 5.41) is 7.33. The van der Waals surface area contributed by atoms with Crippen molar-refractivity contribution in [3.8, 4) is 33.4 Å². The van der Waals surface area contributed by atoms with Gasteiger partial charge in [0.1, 0.15) is 11.2 Å². The van der Waals surface area contributed by atoms with Crippen molar-refractivity contribution in [3.63, 3.8) is 0 Å². The standard InChI is InChI=1S/C52H33NOS/c1-2-12-35(13-3-1)42-30-26-37(41-19-10-15-34-14-4-5-16-40(34)41)32-48(42)53(39-29-31-46-45-18-7-9-23-50(45)55-51(46)33-39)38-27-24-36(25-28-38)43-20-11-21-47-44-17-6-8-22-49(44)54-52(43)47/h1-33H. The van der Waals surface area contributed by atoms with Crippen molar-refractivity contribution >= 4 is 81.3 Å². The SMILES string of the molecule is c1ccc(-c2ccc(-c3cccc4ccccc34)cc2N(c2ccc(-c3cccc4c3oc3ccccc34)cc2)c2ccc3c(c2)sc2ccccc23)cc1. The monoisotopic (exact) mass is 719 g/mol. The molecule has 11 rings (SSSR count). The van der Waals surface area contributed by atoms with Crippen LogP contribution in [0.25, 0.3) is 86.3 Å². The average molecular weight is 720 g/mol. The van der Waals surface area contributed by atoms with Crippen LogP contribution in [0, 0.1) is 0 Å². The summed E-state index contributed by atoms with van der Waals surface area (Å²) >= 11 is 1.85. The van der Waals surface area contributed by atoms with Crippen molar-refractivity contribution in [2.75, 3.05) is 4.90 Å². The Hall–Kier alpha value is -6.94. The number of hydrogen-bond donors (Lipinski definition) is 0. The van der Waals surface area contributed by atoms with Gasteiger partial charge in [-0.3, -0.25) is 0 Å². The molecular weight excluding hydrogens is 687 g/mol. The molecule has 3 heteroatoms. The number of fused-ring (bicyclic) bond motifs is 7. The number of anilines is 3. The Bertz CT molecular complexity index is 3200. The molecule has 2 heterocycles. The second-order valence-corrected chi connectivity index (χ2v) is 15.1. The van der Waals surface area contributed by atoms with Crippen molar-refractivity contribution in [1.29, 1.82) is 0 Å². The highest BCUT2D eigenvalue weighted by molar-refractivity contribution is 7.25. The van der Waals surface area contributed by atoms with E-state index in [-0.39, 0.29) is 0 Å². The normalized spacial score (nSPS) is 11.6. The minimum Gasteiger partial charge on any atom is -0.455 e. The van der Waals surface area contributed by atoms with Crippen LogP contribution in [0.4, 0.5) is 17.1 Å². The molecule has 0 saturated heterocycles. The molecule has 0 bridgehead atoms. The highest BCUT2D eigenvalue weighted by atomic mass is 32.1. The summed E-state index contributed by atoms with van der Waals surface area (Å²) < 4.78 is 9.03. The van der Waals surface area contributed by atoms with Crippen molar-refractivity contribution < 1.29 is 4.42 Å². The van der Waals surface area contributed by atoms with Crippen molar-refractivity contribution in [3.05, 3.63) is 200 Å². The molecule has 0 radical (unpaired) electrons. The Kier molecular flexibility index (Phi) is 7.39. The Labute approximate surface area is 322 Å².